The molecule has 0 amide bonds. The molecular formula is C14H22N2O2S. The van der Waals surface area contributed by atoms with Gasteiger partial charge in [0.2, 0.25) is 10.0 Å². The van der Waals surface area contributed by atoms with E-state index in [9.17, 15) is 8.42 Å². The van der Waals surface area contributed by atoms with Crippen LogP contribution in [0.5, 0.6) is 0 Å². The number of rotatable bonds is 6. The van der Waals surface area contributed by atoms with Crippen LogP contribution in [0.4, 0.5) is 5.69 Å². The lowest BCUT2D eigenvalue weighted by Crippen LogP contribution is -2.45. The van der Waals surface area contributed by atoms with E-state index in [1.807, 2.05) is 20.8 Å². The van der Waals surface area contributed by atoms with Crippen molar-refractivity contribution >= 4 is 15.7 Å². The summed E-state index contributed by atoms with van der Waals surface area (Å²) in [5.41, 5.74) is 0.571. The van der Waals surface area contributed by atoms with Crippen LogP contribution in [0.2, 0.25) is 0 Å². The Labute approximate surface area is 115 Å². The van der Waals surface area contributed by atoms with Crippen molar-refractivity contribution in [3.05, 3.63) is 24.3 Å². The highest BCUT2D eigenvalue weighted by Gasteiger charge is 2.40. The normalized spacial score (nSPS) is 16.4. The Bertz CT molecular complexity index is 531. The molecule has 1 fully saturated rings. The molecule has 1 aromatic carbocycles. The standard InChI is InChI=1S/C14H22N2O2S/c1-4-15-12-7-9-13(10-8-12)19(17,18)16-14(2,3)11-5-6-11/h7-11,15-16H,4-6H2,1-3H3. The summed E-state index contributed by atoms with van der Waals surface area (Å²) in [4.78, 5) is 0.322. The summed E-state index contributed by atoms with van der Waals surface area (Å²) in [6.07, 6.45) is 2.21. The van der Waals surface area contributed by atoms with Crippen molar-refractivity contribution in [3.63, 3.8) is 0 Å². The Morgan fingerprint density at radius 1 is 1.21 bits per heavy atom. The lowest BCUT2D eigenvalue weighted by atomic mass is 10.0. The fourth-order valence-electron chi connectivity index (χ4n) is 2.25. The molecule has 0 radical (unpaired) electrons. The van der Waals surface area contributed by atoms with Gasteiger partial charge >= 0.3 is 0 Å². The van der Waals surface area contributed by atoms with Gasteiger partial charge in [0.15, 0.2) is 0 Å². The van der Waals surface area contributed by atoms with E-state index in [-0.39, 0.29) is 5.54 Å². The fourth-order valence-corrected chi connectivity index (χ4v) is 3.72. The highest BCUT2D eigenvalue weighted by molar-refractivity contribution is 7.89. The molecule has 1 saturated carbocycles. The first-order valence-electron chi connectivity index (χ1n) is 6.73. The van der Waals surface area contributed by atoms with Gasteiger partial charge in [-0.3, -0.25) is 0 Å². The molecule has 19 heavy (non-hydrogen) atoms. The zero-order valence-electron chi connectivity index (χ0n) is 11.7. The molecule has 0 spiro atoms. The molecule has 106 valence electrons. The summed E-state index contributed by atoms with van der Waals surface area (Å²) in [6.45, 7) is 6.73. The third-order valence-electron chi connectivity index (χ3n) is 3.54. The van der Waals surface area contributed by atoms with Crippen molar-refractivity contribution < 1.29 is 8.42 Å². The summed E-state index contributed by atoms with van der Waals surface area (Å²) in [5.74, 6) is 0.461. The van der Waals surface area contributed by atoms with E-state index in [0.717, 1.165) is 25.1 Å². The molecule has 1 aliphatic carbocycles. The zero-order chi connectivity index (χ0) is 14.1. The van der Waals surface area contributed by atoms with Gasteiger partial charge in [-0.05, 0) is 63.8 Å². The second kappa shape index (κ2) is 5.13. The van der Waals surface area contributed by atoms with Gasteiger partial charge in [-0.1, -0.05) is 0 Å². The van der Waals surface area contributed by atoms with Gasteiger partial charge in [0.1, 0.15) is 0 Å². The number of hydrogen-bond acceptors (Lipinski definition) is 3. The van der Waals surface area contributed by atoms with Crippen LogP contribution in [-0.2, 0) is 10.0 Å². The van der Waals surface area contributed by atoms with E-state index in [0.29, 0.717) is 10.8 Å². The Morgan fingerprint density at radius 2 is 1.79 bits per heavy atom. The zero-order valence-corrected chi connectivity index (χ0v) is 12.5. The van der Waals surface area contributed by atoms with Crippen LogP contribution in [0.25, 0.3) is 0 Å². The second-order valence-electron chi connectivity index (χ2n) is 5.66. The van der Waals surface area contributed by atoms with Crippen LogP contribution < -0.4 is 10.0 Å². The third kappa shape index (κ3) is 3.48. The second-order valence-corrected chi connectivity index (χ2v) is 7.34. The minimum atomic E-state index is -3.43. The third-order valence-corrected chi connectivity index (χ3v) is 5.23. The van der Waals surface area contributed by atoms with Gasteiger partial charge < -0.3 is 5.32 Å². The molecule has 0 bridgehead atoms. The van der Waals surface area contributed by atoms with Gasteiger partial charge in [-0.2, -0.15) is 0 Å². The Morgan fingerprint density at radius 3 is 2.26 bits per heavy atom. The summed E-state index contributed by atoms with van der Waals surface area (Å²) in [5, 5.41) is 3.15. The topological polar surface area (TPSA) is 58.2 Å². The highest BCUT2D eigenvalue weighted by Crippen LogP contribution is 2.39. The molecule has 2 N–H and O–H groups in total. The van der Waals surface area contributed by atoms with Crippen molar-refractivity contribution in [1.82, 2.24) is 4.72 Å². The molecule has 4 nitrogen and oxygen atoms in total. The SMILES string of the molecule is CCNc1ccc(S(=O)(=O)NC(C)(C)C2CC2)cc1. The first-order chi connectivity index (χ1) is 8.85. The van der Waals surface area contributed by atoms with Gasteiger partial charge in [-0.25, -0.2) is 13.1 Å². The van der Waals surface area contributed by atoms with Crippen LogP contribution in [0.3, 0.4) is 0 Å². The number of hydrogen-bond donors (Lipinski definition) is 2. The van der Waals surface area contributed by atoms with Crippen molar-refractivity contribution in [1.29, 1.82) is 0 Å². The molecule has 0 heterocycles. The Kier molecular flexibility index (Phi) is 3.87. The first kappa shape index (κ1) is 14.3. The van der Waals surface area contributed by atoms with Crippen molar-refractivity contribution in [2.75, 3.05) is 11.9 Å². The van der Waals surface area contributed by atoms with E-state index in [2.05, 4.69) is 10.0 Å². The maximum absolute atomic E-state index is 12.3. The van der Waals surface area contributed by atoms with Gasteiger partial charge in [0.25, 0.3) is 0 Å². The molecule has 1 aliphatic rings. The molecule has 0 aliphatic heterocycles. The molecule has 0 saturated heterocycles. The van der Waals surface area contributed by atoms with E-state index in [4.69, 9.17) is 0 Å². The quantitative estimate of drug-likeness (QED) is 0.843. The largest absolute Gasteiger partial charge is 0.385 e. The van der Waals surface area contributed by atoms with Crippen molar-refractivity contribution in [3.8, 4) is 0 Å². The van der Waals surface area contributed by atoms with Gasteiger partial charge in [0, 0.05) is 17.8 Å². The average Bonchev–Trinajstić information content (AvgIpc) is 3.12. The van der Waals surface area contributed by atoms with Crippen molar-refractivity contribution in [2.45, 2.75) is 44.0 Å². The van der Waals surface area contributed by atoms with Crippen LogP contribution in [0.1, 0.15) is 33.6 Å². The summed E-state index contributed by atoms with van der Waals surface area (Å²) >= 11 is 0. The van der Waals surface area contributed by atoms with Crippen LogP contribution in [-0.4, -0.2) is 20.5 Å². The van der Waals surface area contributed by atoms with Crippen LogP contribution >= 0.6 is 0 Å². The van der Waals surface area contributed by atoms with Gasteiger partial charge in [-0.15, -0.1) is 0 Å². The molecule has 0 unspecified atom stereocenters. The van der Waals surface area contributed by atoms with E-state index in [1.165, 1.54) is 0 Å². The molecule has 1 aromatic rings. The average molecular weight is 282 g/mol. The maximum Gasteiger partial charge on any atom is 0.241 e. The lowest BCUT2D eigenvalue weighted by Gasteiger charge is -2.25. The minimum Gasteiger partial charge on any atom is -0.385 e. The number of anilines is 1. The lowest BCUT2D eigenvalue weighted by molar-refractivity contribution is 0.400. The summed E-state index contributed by atoms with van der Waals surface area (Å²) in [7, 11) is -3.43. The fraction of sp³-hybridized carbons (Fsp3) is 0.571. The van der Waals surface area contributed by atoms with Crippen LogP contribution in [0, 0.1) is 5.92 Å². The van der Waals surface area contributed by atoms with E-state index in [1.54, 1.807) is 24.3 Å². The molecule has 5 heteroatoms. The monoisotopic (exact) mass is 282 g/mol. The summed E-state index contributed by atoms with van der Waals surface area (Å²) in [6, 6.07) is 6.87. The highest BCUT2D eigenvalue weighted by atomic mass is 32.2. The molecule has 0 atom stereocenters. The van der Waals surface area contributed by atoms with E-state index >= 15 is 0 Å². The number of sulfonamides is 1. The predicted octanol–water partition coefficient (Wildman–Crippen LogP) is 2.59. The number of benzene rings is 1. The van der Waals surface area contributed by atoms with Crippen LogP contribution in [0.15, 0.2) is 29.2 Å². The number of nitrogens with one attached hydrogen (secondary N) is 2. The molecule has 0 aromatic heterocycles. The maximum atomic E-state index is 12.3. The Balaban J connectivity index is 2.14. The van der Waals surface area contributed by atoms with Gasteiger partial charge in [0.05, 0.1) is 4.90 Å². The smallest absolute Gasteiger partial charge is 0.241 e. The molecular weight excluding hydrogens is 260 g/mol. The Hall–Kier alpha value is -1.07. The molecule has 2 rings (SSSR count). The van der Waals surface area contributed by atoms with E-state index < -0.39 is 10.0 Å². The summed E-state index contributed by atoms with van der Waals surface area (Å²) < 4.78 is 27.4. The van der Waals surface area contributed by atoms with Crippen molar-refractivity contribution in [2.24, 2.45) is 5.92 Å². The predicted molar refractivity (Wildman–Crippen MR) is 77.7 cm³/mol. The first-order valence-corrected chi connectivity index (χ1v) is 8.21. The minimum absolute atomic E-state index is 0.322.